The van der Waals surface area contributed by atoms with Crippen molar-refractivity contribution in [2.24, 2.45) is 0 Å². The van der Waals surface area contributed by atoms with Crippen molar-refractivity contribution < 1.29 is 0 Å². The molecular formula is C31H27N7S. The maximum Gasteiger partial charge on any atom is 0.136 e. The molecule has 1 aliphatic rings. The Balaban J connectivity index is 1.60. The number of anilines is 8. The molecule has 0 radical (unpaired) electrons. The largest absolute Gasteiger partial charge is 0.328 e. The van der Waals surface area contributed by atoms with Crippen LogP contribution in [0, 0.1) is 11.8 Å². The Morgan fingerprint density at radius 3 is 1.31 bits per heavy atom. The summed E-state index contributed by atoms with van der Waals surface area (Å²) in [5, 5.41) is 2.04. The van der Waals surface area contributed by atoms with Gasteiger partial charge in [0.2, 0.25) is 0 Å². The van der Waals surface area contributed by atoms with Gasteiger partial charge < -0.3 is 19.6 Å². The van der Waals surface area contributed by atoms with Crippen LogP contribution < -0.4 is 19.6 Å². The third kappa shape index (κ3) is 4.65. The second kappa shape index (κ2) is 10.1. The van der Waals surface area contributed by atoms with Gasteiger partial charge in [-0.1, -0.05) is 42.2 Å². The zero-order chi connectivity index (χ0) is 26.9. The summed E-state index contributed by atoms with van der Waals surface area (Å²) in [5.74, 6) is 11.6. The van der Waals surface area contributed by atoms with Crippen LogP contribution >= 0.6 is 11.3 Å². The van der Waals surface area contributed by atoms with Crippen LogP contribution in [0.25, 0.3) is 0 Å². The van der Waals surface area contributed by atoms with Gasteiger partial charge in [0.15, 0.2) is 0 Å². The number of pyridine rings is 3. The van der Waals surface area contributed by atoms with Crippen LogP contribution in [-0.4, -0.2) is 43.1 Å². The summed E-state index contributed by atoms with van der Waals surface area (Å²) in [6, 6.07) is 28.3. The molecule has 0 aliphatic carbocycles. The molecule has 192 valence electrons. The van der Waals surface area contributed by atoms with Gasteiger partial charge in [0.1, 0.15) is 34.9 Å². The molecule has 0 spiro atoms. The molecule has 1 aliphatic heterocycles. The molecular weight excluding hydrogens is 502 g/mol. The summed E-state index contributed by atoms with van der Waals surface area (Å²) in [4.78, 5) is 24.1. The molecule has 6 rings (SSSR count). The Morgan fingerprint density at radius 2 is 0.897 bits per heavy atom. The van der Waals surface area contributed by atoms with Crippen molar-refractivity contribution in [1.29, 1.82) is 0 Å². The molecule has 0 amide bonds. The van der Waals surface area contributed by atoms with E-state index < -0.39 is 0 Å². The normalized spacial score (nSPS) is 12.7. The van der Waals surface area contributed by atoms with E-state index in [1.54, 1.807) is 11.3 Å². The number of hydrogen-bond acceptors (Lipinski definition) is 8. The molecule has 5 heterocycles. The molecule has 0 fully saturated rings. The van der Waals surface area contributed by atoms with Crippen LogP contribution in [0.5, 0.6) is 0 Å². The number of nitrogens with zero attached hydrogens (tertiary/aromatic N) is 7. The molecule has 0 atom stereocenters. The molecule has 7 nitrogen and oxygen atoms in total. The molecule has 5 aromatic rings. The summed E-state index contributed by atoms with van der Waals surface area (Å²) in [6.45, 7) is 0. The maximum absolute atomic E-state index is 5.01. The van der Waals surface area contributed by atoms with E-state index in [9.17, 15) is 0 Å². The molecule has 4 aromatic heterocycles. The molecule has 8 heteroatoms. The van der Waals surface area contributed by atoms with E-state index in [0.29, 0.717) is 0 Å². The van der Waals surface area contributed by atoms with Gasteiger partial charge in [-0.2, -0.15) is 0 Å². The van der Waals surface area contributed by atoms with Crippen LogP contribution in [0.3, 0.4) is 0 Å². The highest BCUT2D eigenvalue weighted by Gasteiger charge is 2.20. The highest BCUT2D eigenvalue weighted by atomic mass is 32.1. The van der Waals surface area contributed by atoms with Gasteiger partial charge in [0.05, 0.1) is 21.8 Å². The molecule has 0 unspecified atom stereocenters. The predicted molar refractivity (Wildman–Crippen MR) is 162 cm³/mol. The van der Waals surface area contributed by atoms with Crippen LogP contribution in [0.2, 0.25) is 0 Å². The fourth-order valence-corrected chi connectivity index (χ4v) is 5.10. The lowest BCUT2D eigenvalue weighted by Gasteiger charge is -2.28. The van der Waals surface area contributed by atoms with Gasteiger partial charge in [-0.05, 0) is 60.0 Å². The second-order valence-electron chi connectivity index (χ2n) is 9.20. The van der Waals surface area contributed by atoms with E-state index in [-0.39, 0.29) is 0 Å². The van der Waals surface area contributed by atoms with Crippen molar-refractivity contribution in [3.8, 4) is 11.8 Å². The monoisotopic (exact) mass is 529 g/mol. The third-order valence-electron chi connectivity index (χ3n) is 6.80. The Hall–Kier alpha value is -4.87. The SMILES string of the molecule is CN1c2cccc(n2)N(C)c2cccc(n2)N(C)c2cccc(c2C#Cc2cccs2)N(C)c2cccc1n2. The first-order valence-electron chi connectivity index (χ1n) is 12.5. The van der Waals surface area contributed by atoms with Crippen LogP contribution in [0.1, 0.15) is 10.4 Å². The van der Waals surface area contributed by atoms with Gasteiger partial charge >= 0.3 is 0 Å². The number of benzene rings is 1. The maximum atomic E-state index is 5.01. The topological polar surface area (TPSA) is 51.6 Å². The fourth-order valence-electron chi connectivity index (χ4n) is 4.53. The van der Waals surface area contributed by atoms with Gasteiger partial charge in [0, 0.05) is 28.2 Å². The number of fused-ring (bicyclic) bond motifs is 8. The van der Waals surface area contributed by atoms with E-state index in [2.05, 4.69) is 39.8 Å². The minimum atomic E-state index is 0.788. The van der Waals surface area contributed by atoms with Crippen molar-refractivity contribution in [1.82, 2.24) is 15.0 Å². The Bertz CT molecular complexity index is 1610. The Kier molecular flexibility index (Phi) is 6.35. The number of hydrogen-bond donors (Lipinski definition) is 0. The predicted octanol–water partition coefficient (Wildman–Crippen LogP) is 6.72. The first-order valence-corrected chi connectivity index (χ1v) is 13.4. The van der Waals surface area contributed by atoms with Crippen molar-refractivity contribution >= 4 is 57.6 Å². The van der Waals surface area contributed by atoms with E-state index in [1.807, 2.05) is 110 Å². The summed E-state index contributed by atoms with van der Waals surface area (Å²) >= 11 is 1.63. The number of thiophene rings is 1. The van der Waals surface area contributed by atoms with Crippen molar-refractivity contribution in [2.45, 2.75) is 0 Å². The number of rotatable bonds is 0. The lowest BCUT2D eigenvalue weighted by molar-refractivity contribution is 1.02. The van der Waals surface area contributed by atoms with Crippen molar-refractivity contribution in [2.75, 3.05) is 47.8 Å². The highest BCUT2D eigenvalue weighted by Crippen LogP contribution is 2.36. The average molecular weight is 530 g/mol. The molecule has 39 heavy (non-hydrogen) atoms. The van der Waals surface area contributed by atoms with Crippen molar-refractivity contribution in [3.63, 3.8) is 0 Å². The van der Waals surface area contributed by atoms with Gasteiger partial charge in [-0.3, -0.25) is 0 Å². The van der Waals surface area contributed by atoms with Gasteiger partial charge in [-0.25, -0.2) is 15.0 Å². The fraction of sp³-hybridized carbons (Fsp3) is 0.129. The van der Waals surface area contributed by atoms with Crippen LogP contribution in [0.15, 0.2) is 90.3 Å². The van der Waals surface area contributed by atoms with Gasteiger partial charge in [-0.15, -0.1) is 11.3 Å². The summed E-state index contributed by atoms with van der Waals surface area (Å²) in [6.07, 6.45) is 0. The Morgan fingerprint density at radius 1 is 0.487 bits per heavy atom. The van der Waals surface area contributed by atoms with Crippen LogP contribution in [-0.2, 0) is 0 Å². The van der Waals surface area contributed by atoms with Crippen molar-refractivity contribution in [3.05, 3.63) is 101 Å². The average Bonchev–Trinajstić information content (AvgIpc) is 3.52. The molecule has 0 N–H and O–H groups in total. The van der Waals surface area contributed by atoms with Crippen LogP contribution in [0.4, 0.5) is 46.3 Å². The first kappa shape index (κ1) is 24.5. The van der Waals surface area contributed by atoms with E-state index in [1.165, 1.54) is 0 Å². The first-order chi connectivity index (χ1) is 19.0. The standard InChI is InChI=1S/C31H27N7S/c1-35-24-11-5-12-25(23(24)20-19-22-10-9-21-39-22)36(2)27-14-7-16-29(33-27)38(4)31-18-8-17-30(34-31)37(3)28-15-6-13-26(35)32-28/h5-18,21H,1-4H3. The molecule has 1 aromatic carbocycles. The minimum absolute atomic E-state index is 0.788. The lowest BCUT2D eigenvalue weighted by atomic mass is 10.1. The zero-order valence-corrected chi connectivity index (χ0v) is 23.0. The van der Waals surface area contributed by atoms with E-state index in [0.717, 1.165) is 56.7 Å². The Labute approximate surface area is 232 Å². The smallest absolute Gasteiger partial charge is 0.136 e. The second-order valence-corrected chi connectivity index (χ2v) is 10.1. The lowest BCUT2D eigenvalue weighted by Crippen LogP contribution is -2.20. The molecule has 8 bridgehead atoms. The third-order valence-corrected chi connectivity index (χ3v) is 7.58. The summed E-state index contributed by atoms with van der Waals surface area (Å²) < 4.78 is 0. The van der Waals surface area contributed by atoms with E-state index in [4.69, 9.17) is 15.0 Å². The van der Waals surface area contributed by atoms with E-state index >= 15 is 0 Å². The molecule has 0 saturated carbocycles. The summed E-state index contributed by atoms with van der Waals surface area (Å²) in [7, 11) is 8.01. The molecule has 0 saturated heterocycles. The quantitative estimate of drug-likeness (QED) is 0.207. The minimum Gasteiger partial charge on any atom is -0.328 e. The zero-order valence-electron chi connectivity index (χ0n) is 22.2. The number of aromatic nitrogens is 3. The summed E-state index contributed by atoms with van der Waals surface area (Å²) in [5.41, 5.74) is 2.81. The highest BCUT2D eigenvalue weighted by molar-refractivity contribution is 7.10. The van der Waals surface area contributed by atoms with Gasteiger partial charge in [0.25, 0.3) is 0 Å².